The van der Waals surface area contributed by atoms with E-state index < -0.39 is 0 Å². The Morgan fingerprint density at radius 1 is 1.50 bits per heavy atom. The Morgan fingerprint density at radius 3 is 2.75 bits per heavy atom. The molecule has 0 spiro atoms. The van der Waals surface area contributed by atoms with E-state index in [0.717, 1.165) is 32.6 Å². The molecule has 0 radical (unpaired) electrons. The number of morpholine rings is 1. The highest BCUT2D eigenvalue weighted by atomic mass is 16.5. The molecular formula is C15H30N2O3. The minimum absolute atomic E-state index is 0.116. The van der Waals surface area contributed by atoms with Crippen molar-refractivity contribution in [2.75, 3.05) is 32.8 Å². The van der Waals surface area contributed by atoms with Crippen molar-refractivity contribution in [3.8, 4) is 0 Å². The fourth-order valence-corrected chi connectivity index (χ4v) is 2.86. The molecule has 0 aliphatic carbocycles. The van der Waals surface area contributed by atoms with E-state index in [2.05, 4.69) is 31.0 Å². The zero-order valence-electron chi connectivity index (χ0n) is 13.6. The lowest BCUT2D eigenvalue weighted by atomic mass is 10.0. The molecule has 5 nitrogen and oxygen atoms in total. The predicted molar refractivity (Wildman–Crippen MR) is 79.8 cm³/mol. The second kappa shape index (κ2) is 7.96. The molecule has 1 N–H and O–H groups in total. The third-order valence-corrected chi connectivity index (χ3v) is 3.40. The molecule has 1 saturated heterocycles. The number of hydrogen-bond donors (Lipinski definition) is 1. The van der Waals surface area contributed by atoms with Crippen molar-refractivity contribution in [1.29, 1.82) is 0 Å². The quantitative estimate of drug-likeness (QED) is 0.717. The van der Waals surface area contributed by atoms with Crippen LogP contribution in [0, 0.1) is 0 Å². The maximum Gasteiger partial charge on any atom is 0.323 e. The van der Waals surface area contributed by atoms with Crippen LogP contribution < -0.4 is 5.32 Å². The van der Waals surface area contributed by atoms with Gasteiger partial charge in [0.25, 0.3) is 0 Å². The van der Waals surface area contributed by atoms with Crippen LogP contribution in [0.15, 0.2) is 0 Å². The standard InChI is InChI=1S/C15H30N2O3/c1-6-16-13(14(18)19-7-2)8-9-17-10-12(3)20-15(4,5)11-17/h12-13,16H,6-11H2,1-5H3. The first kappa shape index (κ1) is 17.4. The van der Waals surface area contributed by atoms with Gasteiger partial charge in [-0.1, -0.05) is 6.92 Å². The average molecular weight is 286 g/mol. The van der Waals surface area contributed by atoms with E-state index >= 15 is 0 Å². The zero-order valence-corrected chi connectivity index (χ0v) is 13.6. The van der Waals surface area contributed by atoms with Gasteiger partial charge in [-0.15, -0.1) is 0 Å². The lowest BCUT2D eigenvalue weighted by Gasteiger charge is -2.42. The van der Waals surface area contributed by atoms with Crippen LogP contribution in [0.2, 0.25) is 0 Å². The number of rotatable bonds is 7. The molecule has 1 aliphatic heterocycles. The molecule has 0 aromatic carbocycles. The first-order valence-corrected chi connectivity index (χ1v) is 7.68. The van der Waals surface area contributed by atoms with Gasteiger partial charge in [0.2, 0.25) is 0 Å². The van der Waals surface area contributed by atoms with Gasteiger partial charge in [0.05, 0.1) is 18.3 Å². The number of ether oxygens (including phenoxy) is 2. The van der Waals surface area contributed by atoms with Crippen LogP contribution in [0.1, 0.15) is 41.0 Å². The summed E-state index contributed by atoms with van der Waals surface area (Å²) in [5.41, 5.74) is -0.116. The van der Waals surface area contributed by atoms with Gasteiger partial charge in [0.1, 0.15) is 6.04 Å². The van der Waals surface area contributed by atoms with E-state index in [1.807, 2.05) is 13.8 Å². The van der Waals surface area contributed by atoms with Crippen molar-refractivity contribution >= 4 is 5.97 Å². The van der Waals surface area contributed by atoms with Crippen molar-refractivity contribution in [1.82, 2.24) is 10.2 Å². The predicted octanol–water partition coefficient (Wildman–Crippen LogP) is 1.42. The van der Waals surface area contributed by atoms with Gasteiger partial charge >= 0.3 is 5.97 Å². The molecule has 0 saturated carbocycles. The summed E-state index contributed by atoms with van der Waals surface area (Å²) in [6.07, 6.45) is 1.01. The van der Waals surface area contributed by atoms with Crippen LogP contribution in [0.25, 0.3) is 0 Å². The van der Waals surface area contributed by atoms with Gasteiger partial charge in [-0.25, -0.2) is 0 Å². The Hall–Kier alpha value is -0.650. The highest BCUT2D eigenvalue weighted by molar-refractivity contribution is 5.75. The van der Waals surface area contributed by atoms with Crippen LogP contribution in [-0.4, -0.2) is 61.4 Å². The van der Waals surface area contributed by atoms with Gasteiger partial charge in [0, 0.05) is 19.6 Å². The topological polar surface area (TPSA) is 50.8 Å². The van der Waals surface area contributed by atoms with Crippen LogP contribution in [0.4, 0.5) is 0 Å². The third kappa shape index (κ3) is 5.77. The van der Waals surface area contributed by atoms with Gasteiger partial charge in [0.15, 0.2) is 0 Å². The van der Waals surface area contributed by atoms with Crippen molar-refractivity contribution in [2.24, 2.45) is 0 Å². The van der Waals surface area contributed by atoms with Gasteiger partial charge in [-0.3, -0.25) is 9.69 Å². The number of likely N-dealkylation sites (N-methyl/N-ethyl adjacent to an activating group) is 1. The first-order valence-electron chi connectivity index (χ1n) is 7.68. The molecule has 2 atom stereocenters. The number of carbonyl (C=O) groups excluding carboxylic acids is 1. The maximum absolute atomic E-state index is 11.9. The maximum atomic E-state index is 11.9. The van der Waals surface area contributed by atoms with Crippen molar-refractivity contribution in [2.45, 2.75) is 58.8 Å². The van der Waals surface area contributed by atoms with Gasteiger partial charge in [-0.2, -0.15) is 0 Å². The normalized spacial score (nSPS) is 24.4. The monoisotopic (exact) mass is 286 g/mol. The molecule has 1 fully saturated rings. The molecule has 5 heteroatoms. The molecule has 0 bridgehead atoms. The number of esters is 1. The number of carbonyl (C=O) groups is 1. The number of nitrogens with zero attached hydrogens (tertiary/aromatic N) is 1. The molecule has 0 amide bonds. The molecule has 1 aliphatic rings. The fourth-order valence-electron chi connectivity index (χ4n) is 2.86. The van der Waals surface area contributed by atoms with E-state index in [4.69, 9.17) is 9.47 Å². The molecule has 20 heavy (non-hydrogen) atoms. The largest absolute Gasteiger partial charge is 0.465 e. The minimum atomic E-state index is -0.207. The number of nitrogens with one attached hydrogen (secondary N) is 1. The second-order valence-corrected chi connectivity index (χ2v) is 6.07. The third-order valence-electron chi connectivity index (χ3n) is 3.40. The summed E-state index contributed by atoms with van der Waals surface area (Å²) in [4.78, 5) is 14.2. The van der Waals surface area contributed by atoms with E-state index in [1.54, 1.807) is 0 Å². The van der Waals surface area contributed by atoms with Gasteiger partial charge < -0.3 is 14.8 Å². The summed E-state index contributed by atoms with van der Waals surface area (Å²) in [5, 5.41) is 3.21. The van der Waals surface area contributed by atoms with E-state index in [1.165, 1.54) is 0 Å². The van der Waals surface area contributed by atoms with E-state index in [9.17, 15) is 4.79 Å². The van der Waals surface area contributed by atoms with Crippen LogP contribution >= 0.6 is 0 Å². The van der Waals surface area contributed by atoms with Crippen molar-refractivity contribution in [3.05, 3.63) is 0 Å². The summed E-state index contributed by atoms with van der Waals surface area (Å²) >= 11 is 0. The lowest BCUT2D eigenvalue weighted by molar-refractivity contribution is -0.146. The highest BCUT2D eigenvalue weighted by Gasteiger charge is 2.31. The summed E-state index contributed by atoms with van der Waals surface area (Å²) in [6.45, 7) is 14.1. The smallest absolute Gasteiger partial charge is 0.323 e. The second-order valence-electron chi connectivity index (χ2n) is 6.07. The summed E-state index contributed by atoms with van der Waals surface area (Å²) in [7, 11) is 0. The van der Waals surface area contributed by atoms with E-state index in [-0.39, 0.29) is 23.7 Å². The molecule has 1 heterocycles. The van der Waals surface area contributed by atoms with Crippen LogP contribution in [0.3, 0.4) is 0 Å². The SMILES string of the molecule is CCNC(CCN1CC(C)OC(C)(C)C1)C(=O)OCC. The Bertz CT molecular complexity index is 307. The van der Waals surface area contributed by atoms with Gasteiger partial charge in [-0.05, 0) is 40.7 Å². The van der Waals surface area contributed by atoms with Crippen molar-refractivity contribution in [3.63, 3.8) is 0 Å². The highest BCUT2D eigenvalue weighted by Crippen LogP contribution is 2.20. The Kier molecular flexibility index (Phi) is 6.92. The van der Waals surface area contributed by atoms with Crippen LogP contribution in [-0.2, 0) is 14.3 Å². The summed E-state index contributed by atoms with van der Waals surface area (Å²) in [5.74, 6) is -0.144. The molecule has 1 rings (SSSR count). The Balaban J connectivity index is 2.47. The van der Waals surface area contributed by atoms with Crippen LogP contribution in [0.5, 0.6) is 0 Å². The lowest BCUT2D eigenvalue weighted by Crippen LogP contribution is -2.53. The minimum Gasteiger partial charge on any atom is -0.465 e. The first-order chi connectivity index (χ1) is 9.38. The fraction of sp³-hybridized carbons (Fsp3) is 0.933. The summed E-state index contributed by atoms with van der Waals surface area (Å²) < 4.78 is 11.0. The average Bonchev–Trinajstić information content (AvgIpc) is 2.32. The number of hydrogen-bond acceptors (Lipinski definition) is 5. The Labute approximate surface area is 123 Å². The van der Waals surface area contributed by atoms with E-state index in [0.29, 0.717) is 6.61 Å². The summed E-state index contributed by atoms with van der Waals surface area (Å²) in [6, 6.07) is -0.207. The van der Waals surface area contributed by atoms with Crippen molar-refractivity contribution < 1.29 is 14.3 Å². The molecule has 2 unspecified atom stereocenters. The zero-order chi connectivity index (χ0) is 15.2. The molecular weight excluding hydrogens is 256 g/mol. The Morgan fingerprint density at radius 2 is 2.20 bits per heavy atom. The molecule has 0 aromatic rings. The molecule has 0 aromatic heterocycles. The molecule has 118 valence electrons.